The number of nitrogens with zero attached hydrogens (tertiary/aromatic N) is 5. The van der Waals surface area contributed by atoms with Gasteiger partial charge in [-0.3, -0.25) is 4.79 Å². The molecule has 0 atom stereocenters. The number of rotatable bonds is 3. The first-order valence-electron chi connectivity index (χ1n) is 7.84. The molecule has 3 heterocycles. The lowest BCUT2D eigenvalue weighted by atomic mass is 9.97. The molecular formula is C16H17N5O2S. The molecule has 1 saturated heterocycles. The number of carbonyl (C=O) groups excluding carboxylic acids is 1. The Morgan fingerprint density at radius 1 is 1.25 bits per heavy atom. The number of amides is 1. The van der Waals surface area contributed by atoms with Gasteiger partial charge >= 0.3 is 0 Å². The van der Waals surface area contributed by atoms with Gasteiger partial charge in [-0.05, 0) is 37.1 Å². The molecular weight excluding hydrogens is 326 g/mol. The topological polar surface area (TPSA) is 72.6 Å². The smallest absolute Gasteiger partial charge is 0.253 e. The number of benzene rings is 1. The highest BCUT2D eigenvalue weighted by Crippen LogP contribution is 2.31. The van der Waals surface area contributed by atoms with Crippen LogP contribution in [-0.4, -0.2) is 50.8 Å². The maximum Gasteiger partial charge on any atom is 0.253 e. The molecule has 0 spiro atoms. The molecule has 7 nitrogen and oxygen atoms in total. The summed E-state index contributed by atoms with van der Waals surface area (Å²) < 4.78 is 6.85. The van der Waals surface area contributed by atoms with Gasteiger partial charge < -0.3 is 9.64 Å². The fourth-order valence-electron chi connectivity index (χ4n) is 2.99. The van der Waals surface area contributed by atoms with E-state index in [2.05, 4.69) is 15.3 Å². The van der Waals surface area contributed by atoms with Crippen LogP contribution in [0.2, 0.25) is 0 Å². The van der Waals surface area contributed by atoms with Crippen LogP contribution in [0, 0.1) is 0 Å². The van der Waals surface area contributed by atoms with Crippen LogP contribution in [0.1, 0.15) is 34.1 Å². The molecule has 24 heavy (non-hydrogen) atoms. The third-order valence-corrected chi connectivity index (χ3v) is 5.45. The van der Waals surface area contributed by atoms with Gasteiger partial charge in [0.05, 0.1) is 7.11 Å². The minimum Gasteiger partial charge on any atom is -0.497 e. The Morgan fingerprint density at radius 3 is 2.67 bits per heavy atom. The minimum absolute atomic E-state index is 0.0780. The van der Waals surface area contributed by atoms with Crippen LogP contribution in [0.3, 0.4) is 0 Å². The normalized spacial score (nSPS) is 15.8. The van der Waals surface area contributed by atoms with Gasteiger partial charge in [-0.1, -0.05) is 11.3 Å². The standard InChI is InChI=1S/C16H17N5O2S/c1-23-13-4-2-12(3-5-13)15(22)20-8-6-11(7-9-20)14-19-21-10-17-18-16(21)24-14/h2-5,10-11H,6-9H2,1H3. The van der Waals surface area contributed by atoms with Crippen molar-refractivity contribution in [2.45, 2.75) is 18.8 Å². The summed E-state index contributed by atoms with van der Waals surface area (Å²) in [5.74, 6) is 1.22. The number of methoxy groups -OCH3 is 1. The molecule has 1 amide bonds. The fraction of sp³-hybridized carbons (Fsp3) is 0.375. The number of aromatic nitrogens is 4. The number of hydrogen-bond donors (Lipinski definition) is 0. The van der Waals surface area contributed by atoms with Gasteiger partial charge in [0.25, 0.3) is 5.91 Å². The predicted octanol–water partition coefficient (Wildman–Crippen LogP) is 2.21. The van der Waals surface area contributed by atoms with Gasteiger partial charge in [0.2, 0.25) is 4.96 Å². The Labute approximate surface area is 142 Å². The average molecular weight is 343 g/mol. The zero-order valence-electron chi connectivity index (χ0n) is 13.3. The molecule has 1 aliphatic heterocycles. The van der Waals surface area contributed by atoms with Gasteiger partial charge in [0.1, 0.15) is 17.1 Å². The third-order valence-electron chi connectivity index (χ3n) is 4.37. The van der Waals surface area contributed by atoms with Crippen LogP contribution in [0.15, 0.2) is 30.6 Å². The molecule has 0 radical (unpaired) electrons. The van der Waals surface area contributed by atoms with Gasteiger partial charge in [-0.25, -0.2) is 0 Å². The van der Waals surface area contributed by atoms with E-state index in [9.17, 15) is 4.79 Å². The minimum atomic E-state index is 0.0780. The Balaban J connectivity index is 1.41. The third kappa shape index (κ3) is 2.73. The van der Waals surface area contributed by atoms with Crippen molar-refractivity contribution in [3.63, 3.8) is 0 Å². The monoisotopic (exact) mass is 343 g/mol. The largest absolute Gasteiger partial charge is 0.497 e. The zero-order valence-corrected chi connectivity index (χ0v) is 14.1. The SMILES string of the molecule is COc1ccc(C(=O)N2CCC(c3nn4cnnc4s3)CC2)cc1. The van der Waals surface area contributed by atoms with Crippen LogP contribution < -0.4 is 4.74 Å². The first-order valence-corrected chi connectivity index (χ1v) is 8.66. The lowest BCUT2D eigenvalue weighted by Gasteiger charge is -2.31. The number of fused-ring (bicyclic) bond motifs is 1. The quantitative estimate of drug-likeness (QED) is 0.729. The summed E-state index contributed by atoms with van der Waals surface area (Å²) in [6, 6.07) is 7.27. The lowest BCUT2D eigenvalue weighted by Crippen LogP contribution is -2.37. The number of hydrogen-bond acceptors (Lipinski definition) is 6. The molecule has 8 heteroatoms. The van der Waals surface area contributed by atoms with E-state index in [0.29, 0.717) is 11.5 Å². The van der Waals surface area contributed by atoms with E-state index in [0.717, 1.165) is 41.6 Å². The Hall–Kier alpha value is -2.48. The van der Waals surface area contributed by atoms with E-state index in [1.807, 2.05) is 29.2 Å². The molecule has 0 aliphatic carbocycles. The molecule has 1 aromatic carbocycles. The summed E-state index contributed by atoms with van der Waals surface area (Å²) in [7, 11) is 1.62. The Morgan fingerprint density at radius 2 is 2.00 bits per heavy atom. The van der Waals surface area contributed by atoms with E-state index >= 15 is 0 Å². The van der Waals surface area contributed by atoms with Gasteiger partial charge in [-0.15, -0.1) is 10.2 Å². The van der Waals surface area contributed by atoms with Crippen LogP contribution in [0.5, 0.6) is 5.75 Å². The molecule has 4 rings (SSSR count). The van der Waals surface area contributed by atoms with Crippen molar-refractivity contribution in [3.8, 4) is 5.75 Å². The number of piperidine rings is 1. The molecule has 1 aliphatic rings. The van der Waals surface area contributed by atoms with Crippen molar-refractivity contribution in [2.24, 2.45) is 0 Å². The lowest BCUT2D eigenvalue weighted by molar-refractivity contribution is 0.0712. The molecule has 124 valence electrons. The van der Waals surface area contributed by atoms with E-state index in [-0.39, 0.29) is 5.91 Å². The second kappa shape index (κ2) is 6.20. The predicted molar refractivity (Wildman–Crippen MR) is 89.5 cm³/mol. The van der Waals surface area contributed by atoms with Crippen molar-refractivity contribution in [1.29, 1.82) is 0 Å². The van der Waals surface area contributed by atoms with Crippen LogP contribution in [0.4, 0.5) is 0 Å². The van der Waals surface area contributed by atoms with Gasteiger partial charge in [0.15, 0.2) is 0 Å². The van der Waals surface area contributed by atoms with E-state index in [1.54, 1.807) is 29.3 Å². The zero-order chi connectivity index (χ0) is 16.5. The highest BCUT2D eigenvalue weighted by atomic mass is 32.1. The number of carbonyl (C=O) groups is 1. The number of likely N-dealkylation sites (tertiary alicyclic amines) is 1. The van der Waals surface area contributed by atoms with Gasteiger partial charge in [0, 0.05) is 24.6 Å². The molecule has 0 unspecified atom stereocenters. The molecule has 3 aromatic rings. The average Bonchev–Trinajstić information content (AvgIpc) is 3.23. The highest BCUT2D eigenvalue weighted by molar-refractivity contribution is 7.16. The summed E-state index contributed by atoms with van der Waals surface area (Å²) in [5, 5.41) is 13.5. The second-order valence-corrected chi connectivity index (χ2v) is 6.78. The van der Waals surface area contributed by atoms with Crippen LogP contribution >= 0.6 is 11.3 Å². The van der Waals surface area contributed by atoms with E-state index < -0.39 is 0 Å². The molecule has 0 bridgehead atoms. The maximum atomic E-state index is 12.6. The van der Waals surface area contributed by atoms with Crippen molar-refractivity contribution < 1.29 is 9.53 Å². The van der Waals surface area contributed by atoms with Crippen molar-refractivity contribution in [3.05, 3.63) is 41.2 Å². The molecule has 2 aromatic heterocycles. The second-order valence-electron chi connectivity index (χ2n) is 5.79. The van der Waals surface area contributed by atoms with E-state index in [4.69, 9.17) is 4.74 Å². The van der Waals surface area contributed by atoms with Crippen LogP contribution in [-0.2, 0) is 0 Å². The summed E-state index contributed by atoms with van der Waals surface area (Å²) in [5.41, 5.74) is 0.702. The Kier molecular flexibility index (Phi) is 3.89. The van der Waals surface area contributed by atoms with E-state index in [1.165, 1.54) is 0 Å². The maximum absolute atomic E-state index is 12.6. The van der Waals surface area contributed by atoms with Gasteiger partial charge in [-0.2, -0.15) is 9.61 Å². The summed E-state index contributed by atoms with van der Waals surface area (Å²) in [4.78, 5) is 15.3. The summed E-state index contributed by atoms with van der Waals surface area (Å²) in [6.07, 6.45) is 3.47. The first-order chi connectivity index (χ1) is 11.7. The van der Waals surface area contributed by atoms with Crippen molar-refractivity contribution in [1.82, 2.24) is 24.7 Å². The molecule has 0 N–H and O–H groups in total. The summed E-state index contributed by atoms with van der Waals surface area (Å²) >= 11 is 1.58. The summed E-state index contributed by atoms with van der Waals surface area (Å²) in [6.45, 7) is 1.49. The van der Waals surface area contributed by atoms with Crippen molar-refractivity contribution >= 4 is 22.2 Å². The Bertz CT molecular complexity index is 820. The van der Waals surface area contributed by atoms with Crippen LogP contribution in [0.25, 0.3) is 4.96 Å². The molecule has 1 fully saturated rings. The number of ether oxygens (including phenoxy) is 1. The molecule has 0 saturated carbocycles. The fourth-order valence-corrected chi connectivity index (χ4v) is 3.97. The first kappa shape index (κ1) is 15.1. The highest BCUT2D eigenvalue weighted by Gasteiger charge is 2.27. The van der Waals surface area contributed by atoms with Crippen molar-refractivity contribution in [2.75, 3.05) is 20.2 Å².